The van der Waals surface area contributed by atoms with Crippen LogP contribution in [0.1, 0.15) is 15.9 Å². The molecule has 2 aromatic rings. The molecule has 0 bridgehead atoms. The number of carbonyl (C=O) groups excluding carboxylic acids is 1. The van der Waals surface area contributed by atoms with Crippen LogP contribution in [0.25, 0.3) is 11.0 Å². The summed E-state index contributed by atoms with van der Waals surface area (Å²) in [5.74, 6) is -1.17. The Bertz CT molecular complexity index is 479. The molecule has 2 heterocycles. The quantitative estimate of drug-likeness (QED) is 0.505. The van der Waals surface area contributed by atoms with Gasteiger partial charge in [-0.25, -0.2) is 4.98 Å². The number of aromatic amines is 1. The number of nitrogens with one attached hydrogen (secondary N) is 1. The summed E-state index contributed by atoms with van der Waals surface area (Å²) in [5, 5.41) is 11.3. The third-order valence-corrected chi connectivity index (χ3v) is 1.99. The monoisotopic (exact) mass is 198 g/mol. The number of carboxylic acid groups (broad SMARTS) is 1. The third kappa shape index (κ3) is 1.68. The van der Waals surface area contributed by atoms with E-state index in [1.54, 1.807) is 6.20 Å². The van der Waals surface area contributed by atoms with Gasteiger partial charge in [0.1, 0.15) is 5.65 Å². The second kappa shape index (κ2) is 4.13. The van der Waals surface area contributed by atoms with Gasteiger partial charge < -0.3 is 14.9 Å². The van der Waals surface area contributed by atoms with Crippen molar-refractivity contribution in [2.75, 3.05) is 0 Å². The van der Waals surface area contributed by atoms with Gasteiger partial charge in [0.25, 0.3) is 0 Å². The van der Waals surface area contributed by atoms with E-state index in [4.69, 9.17) is 0 Å². The fourth-order valence-electron chi connectivity index (χ4n) is 1.39. The second-order valence-corrected chi connectivity index (χ2v) is 2.84. The molecule has 0 amide bonds. The number of fused-ring (bicyclic) bond motifs is 1. The first kappa shape index (κ1) is 11.2. The van der Waals surface area contributed by atoms with Crippen molar-refractivity contribution in [3.05, 3.63) is 29.6 Å². The van der Waals surface area contributed by atoms with Crippen molar-refractivity contribution in [2.45, 2.75) is 6.92 Å². The van der Waals surface area contributed by atoms with Crippen molar-refractivity contribution in [3.8, 4) is 0 Å². The zero-order valence-electron chi connectivity index (χ0n) is 8.00. The SMILES string of the molecule is Cc1c[nH]c2nccc(C(=O)[O-])c12.[Na+]. The summed E-state index contributed by atoms with van der Waals surface area (Å²) in [7, 11) is 0. The molecular weight excluding hydrogens is 191 g/mol. The normalized spacial score (nSPS) is 9.79. The molecule has 2 rings (SSSR count). The molecule has 0 aliphatic rings. The van der Waals surface area contributed by atoms with Crippen LogP contribution in [-0.4, -0.2) is 15.9 Å². The third-order valence-electron chi connectivity index (χ3n) is 1.99. The number of rotatable bonds is 1. The number of H-pyrrole nitrogens is 1. The fraction of sp³-hybridized carbons (Fsp3) is 0.111. The van der Waals surface area contributed by atoms with Gasteiger partial charge in [-0.15, -0.1) is 0 Å². The van der Waals surface area contributed by atoms with Crippen LogP contribution in [0.4, 0.5) is 0 Å². The standard InChI is InChI=1S/C9H8N2O2.Na/c1-5-4-11-8-7(5)6(9(12)13)2-3-10-8;/h2-4H,1H3,(H,10,11)(H,12,13);/q;+1/p-1. The maximum absolute atomic E-state index is 10.7. The maximum atomic E-state index is 10.7. The summed E-state index contributed by atoms with van der Waals surface area (Å²) in [6.45, 7) is 1.83. The van der Waals surface area contributed by atoms with E-state index in [-0.39, 0.29) is 35.1 Å². The van der Waals surface area contributed by atoms with Gasteiger partial charge >= 0.3 is 29.6 Å². The van der Waals surface area contributed by atoms with E-state index in [1.807, 2.05) is 6.92 Å². The molecule has 0 unspecified atom stereocenters. The van der Waals surface area contributed by atoms with Crippen LogP contribution in [0.15, 0.2) is 18.5 Å². The minimum atomic E-state index is -1.17. The van der Waals surface area contributed by atoms with Gasteiger partial charge in [-0.05, 0) is 18.6 Å². The van der Waals surface area contributed by atoms with Crippen LogP contribution in [0.5, 0.6) is 0 Å². The molecule has 0 spiro atoms. The molecule has 66 valence electrons. The molecule has 0 aliphatic carbocycles. The molecular formula is C9H7N2NaO2. The molecule has 0 fully saturated rings. The number of carboxylic acids is 1. The van der Waals surface area contributed by atoms with Gasteiger partial charge in [0.2, 0.25) is 0 Å². The molecule has 14 heavy (non-hydrogen) atoms. The van der Waals surface area contributed by atoms with Crippen molar-refractivity contribution >= 4 is 17.0 Å². The Morgan fingerprint density at radius 3 is 2.93 bits per heavy atom. The van der Waals surface area contributed by atoms with E-state index >= 15 is 0 Å². The summed E-state index contributed by atoms with van der Waals surface area (Å²) in [6, 6.07) is 1.44. The predicted molar refractivity (Wildman–Crippen MR) is 45.2 cm³/mol. The summed E-state index contributed by atoms with van der Waals surface area (Å²) < 4.78 is 0. The topological polar surface area (TPSA) is 68.8 Å². The summed E-state index contributed by atoms with van der Waals surface area (Å²) >= 11 is 0. The predicted octanol–water partition coefficient (Wildman–Crippen LogP) is -2.76. The van der Waals surface area contributed by atoms with Crippen LogP contribution < -0.4 is 34.7 Å². The fourth-order valence-corrected chi connectivity index (χ4v) is 1.39. The van der Waals surface area contributed by atoms with Gasteiger partial charge in [0, 0.05) is 23.3 Å². The van der Waals surface area contributed by atoms with Gasteiger partial charge in [-0.3, -0.25) is 0 Å². The molecule has 1 N–H and O–H groups in total. The first-order chi connectivity index (χ1) is 6.20. The summed E-state index contributed by atoms with van der Waals surface area (Å²) in [6.07, 6.45) is 3.17. The Morgan fingerprint density at radius 1 is 1.57 bits per heavy atom. The number of carbonyl (C=O) groups is 1. The van der Waals surface area contributed by atoms with Gasteiger partial charge in [-0.2, -0.15) is 0 Å². The van der Waals surface area contributed by atoms with Gasteiger partial charge in [0.05, 0.1) is 5.97 Å². The first-order valence-corrected chi connectivity index (χ1v) is 3.84. The van der Waals surface area contributed by atoms with Crippen molar-refractivity contribution in [1.29, 1.82) is 0 Å². The van der Waals surface area contributed by atoms with Gasteiger partial charge in [0.15, 0.2) is 0 Å². The molecule has 0 atom stereocenters. The second-order valence-electron chi connectivity index (χ2n) is 2.84. The molecule has 0 radical (unpaired) electrons. The largest absolute Gasteiger partial charge is 1.00 e. The number of nitrogens with zero attached hydrogens (tertiary/aromatic N) is 1. The zero-order chi connectivity index (χ0) is 9.42. The van der Waals surface area contributed by atoms with E-state index in [0.29, 0.717) is 11.0 Å². The van der Waals surface area contributed by atoms with Gasteiger partial charge in [-0.1, -0.05) is 0 Å². The van der Waals surface area contributed by atoms with Crippen LogP contribution in [-0.2, 0) is 0 Å². The van der Waals surface area contributed by atoms with Crippen LogP contribution in [0.3, 0.4) is 0 Å². The molecule has 5 heteroatoms. The van der Waals surface area contributed by atoms with E-state index < -0.39 is 5.97 Å². The smallest absolute Gasteiger partial charge is 0.545 e. The minimum absolute atomic E-state index is 0. The van der Waals surface area contributed by atoms with E-state index in [9.17, 15) is 9.90 Å². The van der Waals surface area contributed by atoms with E-state index in [0.717, 1.165) is 5.56 Å². The Hall–Kier alpha value is -0.840. The maximum Gasteiger partial charge on any atom is 1.00 e. The Kier molecular flexibility index (Phi) is 3.31. The van der Waals surface area contributed by atoms with E-state index in [1.165, 1.54) is 12.3 Å². The Labute approximate surface area is 103 Å². The molecule has 0 aliphatic heterocycles. The number of hydrogen-bond acceptors (Lipinski definition) is 3. The minimum Gasteiger partial charge on any atom is -0.545 e. The summed E-state index contributed by atoms with van der Waals surface area (Å²) in [5.41, 5.74) is 1.63. The number of aromatic nitrogens is 2. The Morgan fingerprint density at radius 2 is 2.29 bits per heavy atom. The number of hydrogen-bond donors (Lipinski definition) is 1. The number of pyridine rings is 1. The number of aryl methyl sites for hydroxylation is 1. The first-order valence-electron chi connectivity index (χ1n) is 3.84. The van der Waals surface area contributed by atoms with Crippen molar-refractivity contribution < 1.29 is 39.5 Å². The van der Waals surface area contributed by atoms with Crippen molar-refractivity contribution in [3.63, 3.8) is 0 Å². The average molecular weight is 198 g/mol. The van der Waals surface area contributed by atoms with Crippen LogP contribution in [0.2, 0.25) is 0 Å². The van der Waals surface area contributed by atoms with E-state index in [2.05, 4.69) is 9.97 Å². The Balaban J connectivity index is 0.000000980. The molecule has 0 saturated heterocycles. The van der Waals surface area contributed by atoms with Crippen LogP contribution in [0, 0.1) is 6.92 Å². The summed E-state index contributed by atoms with van der Waals surface area (Å²) in [4.78, 5) is 17.6. The molecule has 4 nitrogen and oxygen atoms in total. The average Bonchev–Trinajstić information content (AvgIpc) is 2.48. The van der Waals surface area contributed by atoms with Crippen molar-refractivity contribution in [1.82, 2.24) is 9.97 Å². The van der Waals surface area contributed by atoms with Crippen LogP contribution >= 0.6 is 0 Å². The molecule has 2 aromatic heterocycles. The van der Waals surface area contributed by atoms with Crippen molar-refractivity contribution in [2.24, 2.45) is 0 Å². The number of aromatic carboxylic acids is 1. The zero-order valence-corrected chi connectivity index (χ0v) is 10.00. The molecule has 0 aromatic carbocycles. The molecule has 0 saturated carbocycles.